The number of hydrogen-bond donors (Lipinski definition) is 2. The zero-order valence-corrected chi connectivity index (χ0v) is 18.5. The van der Waals surface area contributed by atoms with E-state index in [1.165, 1.54) is 16.2 Å². The maximum Gasteiger partial charge on any atom is 0.325 e. The molecule has 2 saturated heterocycles. The third kappa shape index (κ3) is 3.16. The molecule has 4 atom stereocenters. The summed E-state index contributed by atoms with van der Waals surface area (Å²) in [7, 11) is 0. The van der Waals surface area contributed by atoms with E-state index < -0.39 is 40.8 Å². The third-order valence-corrected chi connectivity index (χ3v) is 7.25. The molecular formula is C22H23ClN2O4S. The van der Waals surface area contributed by atoms with E-state index in [9.17, 15) is 19.5 Å². The molecule has 6 nitrogen and oxygen atoms in total. The molecule has 2 aromatic rings. The van der Waals surface area contributed by atoms with E-state index in [1.807, 2.05) is 30.3 Å². The number of imide groups is 1. The van der Waals surface area contributed by atoms with Crippen molar-refractivity contribution in [1.29, 1.82) is 0 Å². The predicted molar refractivity (Wildman–Crippen MR) is 114 cm³/mol. The van der Waals surface area contributed by atoms with Gasteiger partial charge in [-0.3, -0.25) is 24.6 Å². The minimum Gasteiger partial charge on any atom is -0.480 e. The molecule has 8 heteroatoms. The second-order valence-electron chi connectivity index (χ2n) is 8.89. The highest BCUT2D eigenvalue weighted by Crippen LogP contribution is 2.52. The van der Waals surface area contributed by atoms with Crippen LogP contribution in [0.4, 0.5) is 0 Å². The molecule has 3 heterocycles. The quantitative estimate of drug-likeness (QED) is 0.702. The van der Waals surface area contributed by atoms with E-state index in [2.05, 4.69) is 5.32 Å². The average molecular weight is 447 g/mol. The van der Waals surface area contributed by atoms with Crippen molar-refractivity contribution in [2.24, 2.45) is 11.8 Å². The number of rotatable bonds is 4. The lowest BCUT2D eigenvalue weighted by molar-refractivity contribution is -0.153. The maximum atomic E-state index is 13.5. The van der Waals surface area contributed by atoms with Crippen molar-refractivity contribution in [3.63, 3.8) is 0 Å². The van der Waals surface area contributed by atoms with Crippen LogP contribution in [0.5, 0.6) is 0 Å². The molecular weight excluding hydrogens is 424 g/mol. The predicted octanol–water partition coefficient (Wildman–Crippen LogP) is 3.51. The summed E-state index contributed by atoms with van der Waals surface area (Å²) in [6.45, 7) is 5.36. The Morgan fingerprint density at radius 2 is 1.83 bits per heavy atom. The van der Waals surface area contributed by atoms with Crippen molar-refractivity contribution in [2.45, 2.75) is 44.3 Å². The first-order chi connectivity index (χ1) is 14.1. The zero-order valence-electron chi connectivity index (χ0n) is 16.9. The number of carbonyl (C=O) groups excluding carboxylic acids is 2. The monoisotopic (exact) mass is 446 g/mol. The van der Waals surface area contributed by atoms with E-state index in [4.69, 9.17) is 11.6 Å². The van der Waals surface area contributed by atoms with Crippen molar-refractivity contribution in [3.8, 4) is 0 Å². The number of hydrogen-bond acceptors (Lipinski definition) is 5. The van der Waals surface area contributed by atoms with Crippen molar-refractivity contribution in [2.75, 3.05) is 0 Å². The Labute approximate surface area is 183 Å². The van der Waals surface area contributed by atoms with Crippen LogP contribution < -0.4 is 5.32 Å². The summed E-state index contributed by atoms with van der Waals surface area (Å²) >= 11 is 7.42. The summed E-state index contributed by atoms with van der Waals surface area (Å²) in [5.41, 5.74) is -1.56. The fourth-order valence-corrected chi connectivity index (χ4v) is 5.92. The number of halogens is 1. The molecule has 2 amide bonds. The highest BCUT2D eigenvalue weighted by Gasteiger charge is 2.69. The van der Waals surface area contributed by atoms with Crippen molar-refractivity contribution < 1.29 is 19.5 Å². The van der Waals surface area contributed by atoms with Gasteiger partial charge in [-0.1, -0.05) is 41.9 Å². The lowest BCUT2D eigenvalue weighted by Gasteiger charge is -2.35. The minimum atomic E-state index is -1.60. The summed E-state index contributed by atoms with van der Waals surface area (Å²) < 4.78 is 0.545. The summed E-state index contributed by atoms with van der Waals surface area (Å²) in [6, 6.07) is 12.1. The molecule has 1 aromatic heterocycles. The van der Waals surface area contributed by atoms with Gasteiger partial charge in [0.05, 0.1) is 22.2 Å². The van der Waals surface area contributed by atoms with Gasteiger partial charge < -0.3 is 5.11 Å². The van der Waals surface area contributed by atoms with Gasteiger partial charge in [0.2, 0.25) is 11.8 Å². The van der Waals surface area contributed by atoms with Gasteiger partial charge in [0.1, 0.15) is 5.54 Å². The SMILES string of the molecule is CC(C)(C)N1C(=O)C2C(c3ccc(Cl)s3)NC(Cc3ccccc3)(C(=O)O)C2C1=O. The number of carbonyl (C=O) groups is 3. The Hall–Kier alpha value is -2.22. The number of fused-ring (bicyclic) bond motifs is 1. The van der Waals surface area contributed by atoms with Crippen LogP contribution in [0.2, 0.25) is 4.34 Å². The number of carboxylic acid groups (broad SMARTS) is 1. The fraction of sp³-hybridized carbons (Fsp3) is 0.409. The van der Waals surface area contributed by atoms with Crippen LogP contribution >= 0.6 is 22.9 Å². The summed E-state index contributed by atoms with van der Waals surface area (Å²) in [4.78, 5) is 41.6. The van der Waals surface area contributed by atoms with Crippen LogP contribution in [0.15, 0.2) is 42.5 Å². The molecule has 158 valence electrons. The van der Waals surface area contributed by atoms with Gasteiger partial charge >= 0.3 is 5.97 Å². The minimum absolute atomic E-state index is 0.0942. The van der Waals surface area contributed by atoms with E-state index >= 15 is 0 Å². The molecule has 2 aliphatic heterocycles. The molecule has 30 heavy (non-hydrogen) atoms. The lowest BCUT2D eigenvalue weighted by atomic mass is 9.76. The molecule has 0 aliphatic carbocycles. The van der Waals surface area contributed by atoms with Crippen LogP contribution in [0.25, 0.3) is 0 Å². The number of amides is 2. The number of carboxylic acids is 1. The van der Waals surface area contributed by atoms with Gasteiger partial charge in [0.15, 0.2) is 0 Å². The molecule has 0 spiro atoms. The van der Waals surface area contributed by atoms with Gasteiger partial charge in [-0.25, -0.2) is 0 Å². The van der Waals surface area contributed by atoms with Gasteiger partial charge in [-0.15, -0.1) is 11.3 Å². The zero-order chi connectivity index (χ0) is 21.8. The fourth-order valence-electron chi connectivity index (χ4n) is 4.76. The van der Waals surface area contributed by atoms with Crippen molar-refractivity contribution in [1.82, 2.24) is 10.2 Å². The highest BCUT2D eigenvalue weighted by molar-refractivity contribution is 7.16. The Bertz CT molecular complexity index is 1020. The molecule has 2 N–H and O–H groups in total. The standard InChI is InChI=1S/C22H23ClN2O4S/c1-21(2,3)25-18(26)15-16(19(25)27)22(20(28)29,11-12-7-5-4-6-8-12)24-17(15)13-9-10-14(23)30-13/h4-10,15-17,24H,11H2,1-3H3,(H,28,29). The third-order valence-electron chi connectivity index (χ3n) is 5.93. The second kappa shape index (κ2) is 7.18. The molecule has 4 rings (SSSR count). The van der Waals surface area contributed by atoms with E-state index in [0.717, 1.165) is 10.4 Å². The van der Waals surface area contributed by atoms with Crippen LogP contribution in [-0.2, 0) is 20.8 Å². The summed E-state index contributed by atoms with van der Waals surface area (Å²) in [5, 5.41) is 13.6. The first kappa shape index (κ1) is 21.0. The molecule has 2 aliphatic rings. The Kier molecular flexibility index (Phi) is 5.03. The smallest absolute Gasteiger partial charge is 0.325 e. The average Bonchev–Trinajstić information content (AvgIpc) is 3.30. The van der Waals surface area contributed by atoms with E-state index in [-0.39, 0.29) is 12.3 Å². The summed E-state index contributed by atoms with van der Waals surface area (Å²) in [5.74, 6) is -3.72. The number of benzene rings is 1. The molecule has 4 unspecified atom stereocenters. The normalized spacial score (nSPS) is 28.8. The first-order valence-electron chi connectivity index (χ1n) is 9.74. The van der Waals surface area contributed by atoms with Gasteiger partial charge in [-0.2, -0.15) is 0 Å². The number of aliphatic carboxylic acids is 1. The molecule has 2 fully saturated rings. The molecule has 1 aromatic carbocycles. The van der Waals surface area contributed by atoms with Crippen LogP contribution in [-0.4, -0.2) is 38.9 Å². The highest BCUT2D eigenvalue weighted by atomic mass is 35.5. The Morgan fingerprint density at radius 3 is 2.37 bits per heavy atom. The van der Waals surface area contributed by atoms with Crippen LogP contribution in [0.3, 0.4) is 0 Å². The molecule has 0 saturated carbocycles. The van der Waals surface area contributed by atoms with Gasteiger partial charge in [0, 0.05) is 16.8 Å². The Morgan fingerprint density at radius 1 is 1.17 bits per heavy atom. The number of nitrogens with one attached hydrogen (secondary N) is 1. The maximum absolute atomic E-state index is 13.5. The topological polar surface area (TPSA) is 86.7 Å². The van der Waals surface area contributed by atoms with E-state index in [0.29, 0.717) is 4.34 Å². The number of likely N-dealkylation sites (tertiary alicyclic amines) is 1. The summed E-state index contributed by atoms with van der Waals surface area (Å²) in [6.07, 6.45) is 0.0942. The number of thiophene rings is 1. The van der Waals surface area contributed by atoms with Crippen molar-refractivity contribution in [3.05, 3.63) is 57.2 Å². The van der Waals surface area contributed by atoms with Gasteiger partial charge in [-0.05, 0) is 38.5 Å². The van der Waals surface area contributed by atoms with Gasteiger partial charge in [0.25, 0.3) is 0 Å². The largest absolute Gasteiger partial charge is 0.480 e. The second-order valence-corrected chi connectivity index (χ2v) is 10.6. The Balaban J connectivity index is 1.87. The van der Waals surface area contributed by atoms with Crippen molar-refractivity contribution >= 4 is 40.7 Å². The first-order valence-corrected chi connectivity index (χ1v) is 10.9. The van der Waals surface area contributed by atoms with Crippen LogP contribution in [0.1, 0.15) is 37.3 Å². The molecule has 0 radical (unpaired) electrons. The lowest BCUT2D eigenvalue weighted by Crippen LogP contribution is -2.58. The van der Waals surface area contributed by atoms with Crippen LogP contribution in [0, 0.1) is 11.8 Å². The van der Waals surface area contributed by atoms with E-state index in [1.54, 1.807) is 32.9 Å². The molecule has 0 bridgehead atoms. The number of nitrogens with zero attached hydrogens (tertiary/aromatic N) is 1.